The molecule has 2 rings (SSSR count). The first-order valence-corrected chi connectivity index (χ1v) is 7.79. The van der Waals surface area contributed by atoms with Gasteiger partial charge in [-0.05, 0) is 44.6 Å². The van der Waals surface area contributed by atoms with E-state index in [0.29, 0.717) is 26.0 Å². The molecule has 0 saturated heterocycles. The number of hydrogen-bond donors (Lipinski definition) is 2. The molecule has 0 aromatic heterocycles. The Morgan fingerprint density at radius 2 is 2.00 bits per heavy atom. The van der Waals surface area contributed by atoms with Crippen molar-refractivity contribution in [1.82, 2.24) is 5.32 Å². The second-order valence-corrected chi connectivity index (χ2v) is 5.77. The highest BCUT2D eigenvalue weighted by Crippen LogP contribution is 2.29. The van der Waals surface area contributed by atoms with Crippen LogP contribution >= 0.6 is 0 Å². The summed E-state index contributed by atoms with van der Waals surface area (Å²) in [7, 11) is 0. The first kappa shape index (κ1) is 16.0. The van der Waals surface area contributed by atoms with Gasteiger partial charge in [0.25, 0.3) is 5.91 Å². The lowest BCUT2D eigenvalue weighted by atomic mass is 10.0. The summed E-state index contributed by atoms with van der Waals surface area (Å²) in [6, 6.07) is 10.1. The number of carbonyl (C=O) groups is 1. The third-order valence-corrected chi connectivity index (χ3v) is 4.10. The lowest BCUT2D eigenvalue weighted by molar-refractivity contribution is -0.139. The Hall–Kier alpha value is -1.39. The van der Waals surface area contributed by atoms with Crippen molar-refractivity contribution in [3.8, 4) is 0 Å². The monoisotopic (exact) mass is 291 g/mol. The Morgan fingerprint density at radius 1 is 1.33 bits per heavy atom. The largest absolute Gasteiger partial charge is 0.380 e. The topological polar surface area (TPSA) is 58.6 Å². The lowest BCUT2D eigenvalue weighted by Gasteiger charge is -2.21. The first-order valence-electron chi connectivity index (χ1n) is 7.79. The average Bonchev–Trinajstić information content (AvgIpc) is 2.95. The van der Waals surface area contributed by atoms with Gasteiger partial charge in [0.1, 0.15) is 5.60 Å². The molecule has 2 N–H and O–H groups in total. The van der Waals surface area contributed by atoms with Gasteiger partial charge in [-0.3, -0.25) is 4.79 Å². The van der Waals surface area contributed by atoms with Crippen LogP contribution in [0.25, 0.3) is 0 Å². The molecule has 0 heterocycles. The van der Waals surface area contributed by atoms with Crippen LogP contribution in [0.2, 0.25) is 0 Å². The molecule has 4 nitrogen and oxygen atoms in total. The van der Waals surface area contributed by atoms with Crippen molar-refractivity contribution in [2.24, 2.45) is 0 Å². The molecule has 1 amide bonds. The molecule has 0 radical (unpaired) electrons. The van der Waals surface area contributed by atoms with E-state index in [0.717, 1.165) is 24.8 Å². The summed E-state index contributed by atoms with van der Waals surface area (Å²) in [5, 5.41) is 12.9. The highest BCUT2D eigenvalue weighted by atomic mass is 16.5. The normalized spacial score (nSPS) is 18.4. The molecule has 1 fully saturated rings. The van der Waals surface area contributed by atoms with Gasteiger partial charge >= 0.3 is 0 Å². The van der Waals surface area contributed by atoms with Gasteiger partial charge in [-0.15, -0.1) is 0 Å². The minimum Gasteiger partial charge on any atom is -0.380 e. The number of nitrogens with one attached hydrogen (secondary N) is 1. The van der Waals surface area contributed by atoms with Gasteiger partial charge in [-0.25, -0.2) is 0 Å². The zero-order valence-electron chi connectivity index (χ0n) is 12.7. The number of amides is 1. The predicted octanol–water partition coefficient (Wildman–Crippen LogP) is 2.58. The fraction of sp³-hybridized carbons (Fsp3) is 0.588. The molecule has 0 aliphatic heterocycles. The molecule has 0 spiro atoms. The van der Waals surface area contributed by atoms with Crippen LogP contribution in [0.15, 0.2) is 30.3 Å². The Morgan fingerprint density at radius 3 is 2.67 bits per heavy atom. The second-order valence-electron chi connectivity index (χ2n) is 5.77. The summed E-state index contributed by atoms with van der Waals surface area (Å²) >= 11 is 0. The van der Waals surface area contributed by atoms with Crippen LogP contribution in [0, 0.1) is 0 Å². The van der Waals surface area contributed by atoms with Crippen molar-refractivity contribution in [3.05, 3.63) is 35.9 Å². The van der Waals surface area contributed by atoms with Crippen molar-refractivity contribution < 1.29 is 14.6 Å². The molecular weight excluding hydrogens is 266 g/mol. The van der Waals surface area contributed by atoms with Crippen LogP contribution in [0.3, 0.4) is 0 Å². The van der Waals surface area contributed by atoms with Crippen LogP contribution in [0.5, 0.6) is 0 Å². The van der Waals surface area contributed by atoms with E-state index in [1.54, 1.807) is 0 Å². The number of benzene rings is 1. The van der Waals surface area contributed by atoms with E-state index < -0.39 is 5.60 Å². The fourth-order valence-electron chi connectivity index (χ4n) is 2.71. The Balaban J connectivity index is 1.61. The second kappa shape index (κ2) is 7.57. The summed E-state index contributed by atoms with van der Waals surface area (Å²) < 4.78 is 5.75. The molecule has 116 valence electrons. The quantitative estimate of drug-likeness (QED) is 0.759. The average molecular weight is 291 g/mol. The fourth-order valence-corrected chi connectivity index (χ4v) is 2.71. The standard InChI is InChI=1S/C17H25NO3/c1-14(15-8-3-2-4-9-15)21-13-7-12-18-16(19)17(20)10-5-6-11-17/h2-4,8-9,14,20H,5-7,10-13H2,1H3,(H,18,19). The molecular formula is C17H25NO3. The van der Waals surface area contributed by atoms with Crippen LogP contribution in [-0.4, -0.2) is 29.8 Å². The Labute approximate surface area is 126 Å². The molecule has 1 atom stereocenters. The highest BCUT2D eigenvalue weighted by molar-refractivity contribution is 5.85. The predicted molar refractivity (Wildman–Crippen MR) is 81.9 cm³/mol. The van der Waals surface area contributed by atoms with Crippen molar-refractivity contribution in [2.45, 2.75) is 50.7 Å². The van der Waals surface area contributed by atoms with Gasteiger partial charge in [0.2, 0.25) is 0 Å². The molecule has 1 aromatic rings. The number of ether oxygens (including phenoxy) is 1. The molecule has 21 heavy (non-hydrogen) atoms. The van der Waals surface area contributed by atoms with Gasteiger partial charge in [0, 0.05) is 13.2 Å². The zero-order chi connectivity index (χ0) is 15.1. The van der Waals surface area contributed by atoms with E-state index in [2.05, 4.69) is 5.32 Å². The Bertz CT molecular complexity index is 441. The van der Waals surface area contributed by atoms with E-state index in [-0.39, 0.29) is 12.0 Å². The van der Waals surface area contributed by atoms with Gasteiger partial charge in [-0.1, -0.05) is 30.3 Å². The maximum Gasteiger partial charge on any atom is 0.251 e. The van der Waals surface area contributed by atoms with Crippen LogP contribution in [-0.2, 0) is 9.53 Å². The molecule has 0 bridgehead atoms. The number of aliphatic hydroxyl groups is 1. The maximum atomic E-state index is 11.9. The van der Waals surface area contributed by atoms with Gasteiger partial charge in [0.05, 0.1) is 6.10 Å². The van der Waals surface area contributed by atoms with E-state index in [9.17, 15) is 9.90 Å². The van der Waals surface area contributed by atoms with E-state index in [1.807, 2.05) is 37.3 Å². The molecule has 1 aromatic carbocycles. The molecule has 1 unspecified atom stereocenters. The number of rotatable bonds is 7. The Kier molecular flexibility index (Phi) is 5.76. The number of hydrogen-bond acceptors (Lipinski definition) is 3. The molecule has 1 aliphatic rings. The third-order valence-electron chi connectivity index (χ3n) is 4.10. The summed E-state index contributed by atoms with van der Waals surface area (Å²) in [6.45, 7) is 3.16. The van der Waals surface area contributed by atoms with E-state index in [4.69, 9.17) is 4.74 Å². The zero-order valence-corrected chi connectivity index (χ0v) is 12.7. The summed E-state index contributed by atoms with van der Waals surface area (Å²) in [5.74, 6) is -0.226. The molecule has 4 heteroatoms. The van der Waals surface area contributed by atoms with E-state index >= 15 is 0 Å². The van der Waals surface area contributed by atoms with Gasteiger partial charge in [0.15, 0.2) is 0 Å². The minimum absolute atomic E-state index is 0.0564. The first-order chi connectivity index (χ1) is 10.1. The third kappa shape index (κ3) is 4.55. The maximum absolute atomic E-state index is 11.9. The van der Waals surface area contributed by atoms with Crippen molar-refractivity contribution in [2.75, 3.05) is 13.2 Å². The van der Waals surface area contributed by atoms with Crippen molar-refractivity contribution >= 4 is 5.91 Å². The van der Waals surface area contributed by atoms with Crippen LogP contribution in [0.1, 0.15) is 50.7 Å². The SMILES string of the molecule is CC(OCCCNC(=O)C1(O)CCCC1)c1ccccc1. The lowest BCUT2D eigenvalue weighted by Crippen LogP contribution is -2.45. The summed E-state index contributed by atoms with van der Waals surface area (Å²) in [6.07, 6.45) is 3.84. The van der Waals surface area contributed by atoms with Crippen molar-refractivity contribution in [3.63, 3.8) is 0 Å². The molecule has 1 aliphatic carbocycles. The van der Waals surface area contributed by atoms with Crippen LogP contribution < -0.4 is 5.32 Å². The summed E-state index contributed by atoms with van der Waals surface area (Å²) in [4.78, 5) is 11.9. The molecule has 1 saturated carbocycles. The minimum atomic E-state index is -1.13. The van der Waals surface area contributed by atoms with E-state index in [1.165, 1.54) is 0 Å². The smallest absolute Gasteiger partial charge is 0.251 e. The van der Waals surface area contributed by atoms with Crippen molar-refractivity contribution in [1.29, 1.82) is 0 Å². The highest BCUT2D eigenvalue weighted by Gasteiger charge is 2.38. The summed E-state index contributed by atoms with van der Waals surface area (Å²) in [5.41, 5.74) is 0.0276. The number of carbonyl (C=O) groups excluding carboxylic acids is 1. The van der Waals surface area contributed by atoms with Crippen LogP contribution in [0.4, 0.5) is 0 Å². The van der Waals surface area contributed by atoms with Gasteiger partial charge < -0.3 is 15.2 Å². The van der Waals surface area contributed by atoms with Gasteiger partial charge in [-0.2, -0.15) is 0 Å².